The molecule has 0 aromatic rings. The van der Waals surface area contributed by atoms with Crippen LogP contribution in [0, 0.1) is 40.4 Å². The lowest BCUT2D eigenvalue weighted by atomic mass is 9.44. The molecule has 2 nitrogen and oxygen atoms in total. The van der Waals surface area contributed by atoms with Crippen LogP contribution in [-0.4, -0.2) is 11.6 Å². The summed E-state index contributed by atoms with van der Waals surface area (Å²) in [5.41, 5.74) is 0.503. The van der Waals surface area contributed by atoms with E-state index in [4.69, 9.17) is 0 Å². The van der Waals surface area contributed by atoms with E-state index in [0.717, 1.165) is 49.4 Å². The van der Waals surface area contributed by atoms with Gasteiger partial charge in [-0.15, -0.1) is 0 Å². The predicted octanol–water partition coefficient (Wildman–Crippen LogP) is 4.80. The van der Waals surface area contributed by atoms with Crippen LogP contribution < -0.4 is 0 Å². The average molecular weight is 316 g/mol. The van der Waals surface area contributed by atoms with Crippen LogP contribution in [0.15, 0.2) is 0 Å². The maximum Gasteiger partial charge on any atom is 0.133 e. The van der Waals surface area contributed by atoms with Gasteiger partial charge in [-0.1, -0.05) is 13.8 Å². The lowest BCUT2D eigenvalue weighted by Crippen LogP contribution is -2.54. The molecule has 128 valence electrons. The molecule has 0 N–H and O–H groups in total. The molecule has 7 atom stereocenters. The molecule has 4 rings (SSSR count). The zero-order valence-corrected chi connectivity index (χ0v) is 15.1. The van der Waals surface area contributed by atoms with Gasteiger partial charge in [0, 0.05) is 18.8 Å². The molecular formula is C21H32O2. The molecule has 23 heavy (non-hydrogen) atoms. The Labute approximate surface area is 140 Å². The monoisotopic (exact) mass is 316 g/mol. The first-order chi connectivity index (χ1) is 10.9. The third-order valence-corrected chi connectivity index (χ3v) is 8.91. The normalized spacial score (nSPS) is 52.5. The summed E-state index contributed by atoms with van der Waals surface area (Å²) in [4.78, 5) is 24.3. The average Bonchev–Trinajstić information content (AvgIpc) is 2.83. The van der Waals surface area contributed by atoms with Crippen molar-refractivity contribution in [3.8, 4) is 0 Å². The summed E-state index contributed by atoms with van der Waals surface area (Å²) in [6, 6.07) is 0. The summed E-state index contributed by atoms with van der Waals surface area (Å²) in [5.74, 6) is 4.22. The van der Waals surface area contributed by atoms with Crippen LogP contribution in [0.2, 0.25) is 0 Å². The van der Waals surface area contributed by atoms with Gasteiger partial charge in [0.15, 0.2) is 0 Å². The molecule has 0 aromatic carbocycles. The van der Waals surface area contributed by atoms with Crippen molar-refractivity contribution in [3.63, 3.8) is 0 Å². The number of carbonyl (C=O) groups excluding carboxylic acids is 2. The maximum atomic E-state index is 12.2. The molecule has 4 aliphatic rings. The Balaban J connectivity index is 1.64. The van der Waals surface area contributed by atoms with Crippen LogP contribution >= 0.6 is 0 Å². The van der Waals surface area contributed by atoms with E-state index in [0.29, 0.717) is 17.5 Å². The largest absolute Gasteiger partial charge is 0.300 e. The first-order valence-electron chi connectivity index (χ1n) is 9.88. The lowest BCUT2D eigenvalue weighted by molar-refractivity contribution is -0.143. The highest BCUT2D eigenvalue weighted by Gasteiger charge is 2.60. The highest BCUT2D eigenvalue weighted by molar-refractivity contribution is 5.80. The molecule has 0 saturated heterocycles. The summed E-state index contributed by atoms with van der Waals surface area (Å²) in [5, 5.41) is 0. The van der Waals surface area contributed by atoms with E-state index < -0.39 is 0 Å². The van der Waals surface area contributed by atoms with Crippen LogP contribution in [0.25, 0.3) is 0 Å². The fourth-order valence-corrected chi connectivity index (χ4v) is 7.80. The second-order valence-electron chi connectivity index (χ2n) is 9.70. The molecule has 4 saturated carbocycles. The van der Waals surface area contributed by atoms with E-state index in [1.165, 1.54) is 32.1 Å². The Hall–Kier alpha value is -0.660. The Bertz CT molecular complexity index is 538. The molecule has 0 radical (unpaired) electrons. The zero-order chi connectivity index (χ0) is 16.4. The standard InChI is InChI=1S/C21H32O2/c1-13(22)17-8-9-18-16-7-5-14-4-6-15(23)12-21(14,3)19(16)10-11-20(17,18)2/h14,16-19H,4-12H2,1-3H3. The smallest absolute Gasteiger partial charge is 0.133 e. The molecular weight excluding hydrogens is 284 g/mol. The number of ketones is 2. The van der Waals surface area contributed by atoms with E-state index in [9.17, 15) is 9.59 Å². The quantitative estimate of drug-likeness (QED) is 0.696. The van der Waals surface area contributed by atoms with Gasteiger partial charge in [-0.25, -0.2) is 0 Å². The number of hydrogen-bond donors (Lipinski definition) is 0. The molecule has 7 unspecified atom stereocenters. The van der Waals surface area contributed by atoms with Crippen molar-refractivity contribution < 1.29 is 9.59 Å². The summed E-state index contributed by atoms with van der Waals surface area (Å²) >= 11 is 0. The first kappa shape index (κ1) is 15.8. The van der Waals surface area contributed by atoms with Crippen molar-refractivity contribution in [2.45, 2.75) is 78.6 Å². The summed E-state index contributed by atoms with van der Waals surface area (Å²) < 4.78 is 0. The fourth-order valence-electron chi connectivity index (χ4n) is 7.80. The van der Waals surface area contributed by atoms with Gasteiger partial charge in [0.25, 0.3) is 0 Å². The number of hydrogen-bond acceptors (Lipinski definition) is 2. The van der Waals surface area contributed by atoms with Crippen molar-refractivity contribution in [1.29, 1.82) is 0 Å². The zero-order valence-electron chi connectivity index (χ0n) is 15.1. The van der Waals surface area contributed by atoms with Crippen LogP contribution in [0.5, 0.6) is 0 Å². The van der Waals surface area contributed by atoms with Crippen molar-refractivity contribution >= 4 is 11.6 Å². The summed E-state index contributed by atoms with van der Waals surface area (Å²) in [7, 11) is 0. The molecule has 0 spiro atoms. The number of fused-ring (bicyclic) bond motifs is 5. The van der Waals surface area contributed by atoms with Crippen LogP contribution in [0.4, 0.5) is 0 Å². The van der Waals surface area contributed by atoms with Gasteiger partial charge in [-0.05, 0) is 86.4 Å². The van der Waals surface area contributed by atoms with E-state index in [-0.39, 0.29) is 10.8 Å². The number of rotatable bonds is 1. The van der Waals surface area contributed by atoms with Crippen molar-refractivity contribution in [2.75, 3.05) is 0 Å². The van der Waals surface area contributed by atoms with Gasteiger partial charge in [0.1, 0.15) is 11.6 Å². The second kappa shape index (κ2) is 5.17. The molecule has 4 fully saturated rings. The van der Waals surface area contributed by atoms with E-state index in [2.05, 4.69) is 13.8 Å². The third kappa shape index (κ3) is 2.12. The van der Waals surface area contributed by atoms with Gasteiger partial charge < -0.3 is 0 Å². The SMILES string of the molecule is CC(=O)C1CCC2C3CCC4CCC(=O)CC4(C)C3CCC12C. The molecule has 0 amide bonds. The van der Waals surface area contributed by atoms with Gasteiger partial charge in [0.05, 0.1) is 0 Å². The Kier molecular flexibility index (Phi) is 3.56. The Morgan fingerprint density at radius 2 is 1.70 bits per heavy atom. The van der Waals surface area contributed by atoms with Crippen LogP contribution in [0.1, 0.15) is 78.6 Å². The first-order valence-corrected chi connectivity index (χ1v) is 9.88. The number of carbonyl (C=O) groups is 2. The number of Topliss-reactive ketones (excluding diaryl/α,β-unsaturated/α-hetero) is 2. The van der Waals surface area contributed by atoms with E-state index >= 15 is 0 Å². The van der Waals surface area contributed by atoms with Crippen LogP contribution in [-0.2, 0) is 9.59 Å². The fraction of sp³-hybridized carbons (Fsp3) is 0.905. The van der Waals surface area contributed by atoms with Gasteiger partial charge in [0.2, 0.25) is 0 Å². The van der Waals surface area contributed by atoms with Gasteiger partial charge in [-0.2, -0.15) is 0 Å². The summed E-state index contributed by atoms with van der Waals surface area (Å²) in [6.45, 7) is 6.65. The highest BCUT2D eigenvalue weighted by atomic mass is 16.1. The van der Waals surface area contributed by atoms with Crippen LogP contribution in [0.3, 0.4) is 0 Å². The lowest BCUT2D eigenvalue weighted by Gasteiger charge is -2.60. The minimum atomic E-state index is 0.245. The molecule has 0 aliphatic heterocycles. The third-order valence-electron chi connectivity index (χ3n) is 8.91. The van der Waals surface area contributed by atoms with Crippen molar-refractivity contribution in [2.24, 2.45) is 40.4 Å². The maximum absolute atomic E-state index is 12.2. The van der Waals surface area contributed by atoms with E-state index in [1.807, 2.05) is 6.92 Å². The van der Waals surface area contributed by atoms with Gasteiger partial charge in [-0.3, -0.25) is 9.59 Å². The Morgan fingerprint density at radius 1 is 0.957 bits per heavy atom. The van der Waals surface area contributed by atoms with E-state index in [1.54, 1.807) is 0 Å². The molecule has 0 aromatic heterocycles. The molecule has 2 heteroatoms. The minimum Gasteiger partial charge on any atom is -0.300 e. The molecule has 0 bridgehead atoms. The second-order valence-corrected chi connectivity index (χ2v) is 9.70. The molecule has 0 heterocycles. The topological polar surface area (TPSA) is 34.1 Å². The highest BCUT2D eigenvalue weighted by Crippen LogP contribution is 2.67. The predicted molar refractivity (Wildman–Crippen MR) is 90.9 cm³/mol. The van der Waals surface area contributed by atoms with Crippen molar-refractivity contribution in [3.05, 3.63) is 0 Å². The minimum absolute atomic E-state index is 0.245. The van der Waals surface area contributed by atoms with Crippen molar-refractivity contribution in [1.82, 2.24) is 0 Å². The Morgan fingerprint density at radius 3 is 2.43 bits per heavy atom. The molecule has 4 aliphatic carbocycles. The summed E-state index contributed by atoms with van der Waals surface area (Å²) in [6.07, 6.45) is 10.3. The van der Waals surface area contributed by atoms with Gasteiger partial charge >= 0.3 is 0 Å².